The largest absolute Gasteiger partial charge is 0.380 e. The molecule has 2 aliphatic rings. The highest BCUT2D eigenvalue weighted by molar-refractivity contribution is 8.03. The van der Waals surface area contributed by atoms with Crippen molar-refractivity contribution < 1.29 is 19.8 Å². The maximum absolute atomic E-state index is 12.9. The zero-order valence-electron chi connectivity index (χ0n) is 18.0. The second-order valence-corrected chi connectivity index (χ2v) is 10.1. The Balaban J connectivity index is 1.28. The van der Waals surface area contributed by atoms with E-state index in [9.17, 15) is 19.8 Å². The zero-order chi connectivity index (χ0) is 23.4. The molecule has 1 aromatic heterocycles. The Bertz CT molecular complexity index is 1020. The number of aliphatic hydroxyl groups is 2. The Morgan fingerprint density at radius 3 is 2.91 bits per heavy atom. The number of amides is 2. The molecule has 33 heavy (non-hydrogen) atoms. The van der Waals surface area contributed by atoms with E-state index in [1.165, 1.54) is 4.90 Å². The number of rotatable bonds is 8. The van der Waals surface area contributed by atoms with E-state index in [-0.39, 0.29) is 12.6 Å². The topological polar surface area (TPSA) is 108 Å². The Labute approximate surface area is 201 Å². The van der Waals surface area contributed by atoms with Gasteiger partial charge in [-0.3, -0.25) is 9.59 Å². The molecule has 0 aliphatic carbocycles. The summed E-state index contributed by atoms with van der Waals surface area (Å²) in [5, 5.41) is 24.4. The van der Waals surface area contributed by atoms with E-state index >= 15 is 0 Å². The second-order valence-electron chi connectivity index (χ2n) is 8.26. The highest BCUT2D eigenvalue weighted by Crippen LogP contribution is 2.34. The van der Waals surface area contributed by atoms with Crippen LogP contribution in [-0.4, -0.2) is 67.0 Å². The summed E-state index contributed by atoms with van der Waals surface area (Å²) < 4.78 is 2.01. The normalized spacial score (nSPS) is 22.2. The summed E-state index contributed by atoms with van der Waals surface area (Å²) in [6.07, 6.45) is 6.17. The number of likely N-dealkylation sites (tertiary alicyclic amines) is 1. The third kappa shape index (κ3) is 5.78. The molecule has 2 amide bonds. The van der Waals surface area contributed by atoms with E-state index in [0.29, 0.717) is 16.8 Å². The van der Waals surface area contributed by atoms with E-state index in [4.69, 9.17) is 11.6 Å². The van der Waals surface area contributed by atoms with Gasteiger partial charge in [0.25, 0.3) is 11.8 Å². The molecule has 4 atom stereocenters. The summed E-state index contributed by atoms with van der Waals surface area (Å²) >= 11 is 7.75. The molecule has 1 aromatic carbocycles. The first-order valence-electron chi connectivity index (χ1n) is 10.9. The Morgan fingerprint density at radius 1 is 1.30 bits per heavy atom. The van der Waals surface area contributed by atoms with Crippen molar-refractivity contribution >= 4 is 35.2 Å². The number of carbonyl (C=O) groups excluding carboxylic acids is 2. The maximum atomic E-state index is 12.9. The average Bonchev–Trinajstić information content (AvgIpc) is 3.58. The number of aliphatic hydroxyl groups excluding tert-OH is 2. The number of hydrogen-bond donors (Lipinski definition) is 3. The number of hydrogen-bond acceptors (Lipinski definition) is 6. The highest BCUT2D eigenvalue weighted by Gasteiger charge is 2.38. The van der Waals surface area contributed by atoms with E-state index in [2.05, 4.69) is 16.4 Å². The molecular weight excluding hydrogens is 464 g/mol. The first kappa shape index (κ1) is 23.8. The van der Waals surface area contributed by atoms with Crippen LogP contribution >= 0.6 is 23.4 Å². The summed E-state index contributed by atoms with van der Waals surface area (Å²) in [4.78, 5) is 31.9. The predicted octanol–water partition coefficient (Wildman–Crippen LogP) is 2.13. The van der Waals surface area contributed by atoms with Gasteiger partial charge in [-0.15, -0.1) is 11.8 Å². The van der Waals surface area contributed by atoms with Crippen LogP contribution in [-0.2, 0) is 16.1 Å². The summed E-state index contributed by atoms with van der Waals surface area (Å²) in [7, 11) is 0. The number of carbonyl (C=O) groups is 2. The molecular formula is C23H27ClN4O4S. The van der Waals surface area contributed by atoms with Gasteiger partial charge in [0.05, 0.1) is 12.4 Å². The number of nitrogens with zero attached hydrogens (tertiary/aromatic N) is 3. The summed E-state index contributed by atoms with van der Waals surface area (Å²) in [5.41, 5.74) is 0.870. The number of allylic oxidation sites excluding steroid dienone is 1. The second kappa shape index (κ2) is 10.7. The lowest BCUT2D eigenvalue weighted by Gasteiger charge is -2.28. The van der Waals surface area contributed by atoms with Crippen molar-refractivity contribution in [3.05, 3.63) is 64.6 Å². The Morgan fingerprint density at radius 2 is 2.15 bits per heavy atom. The fraction of sp³-hybridized carbons (Fsp3) is 0.435. The number of halogens is 1. The fourth-order valence-electron chi connectivity index (χ4n) is 4.25. The van der Waals surface area contributed by atoms with E-state index in [1.807, 2.05) is 22.9 Å². The molecule has 0 bridgehead atoms. The van der Waals surface area contributed by atoms with Crippen molar-refractivity contribution in [2.24, 2.45) is 0 Å². The molecule has 0 saturated carbocycles. The Hall–Kier alpha value is -2.33. The molecule has 2 aromatic rings. The van der Waals surface area contributed by atoms with Crippen LogP contribution in [0.1, 0.15) is 30.9 Å². The molecule has 2 aliphatic heterocycles. The van der Waals surface area contributed by atoms with Crippen molar-refractivity contribution in [3.63, 3.8) is 0 Å². The molecule has 176 valence electrons. The number of benzene rings is 1. The van der Waals surface area contributed by atoms with Crippen LogP contribution in [0.25, 0.3) is 0 Å². The van der Waals surface area contributed by atoms with Crippen molar-refractivity contribution in [1.82, 2.24) is 19.8 Å². The van der Waals surface area contributed by atoms with Crippen LogP contribution in [0.5, 0.6) is 0 Å². The van der Waals surface area contributed by atoms with Gasteiger partial charge in [0, 0.05) is 47.2 Å². The van der Waals surface area contributed by atoms with Gasteiger partial charge >= 0.3 is 0 Å². The van der Waals surface area contributed by atoms with E-state index < -0.39 is 24.0 Å². The van der Waals surface area contributed by atoms with Crippen LogP contribution in [0.4, 0.5) is 0 Å². The molecule has 1 unspecified atom stereocenters. The summed E-state index contributed by atoms with van der Waals surface area (Å²) in [5.74, 6) is -1.43. The first-order chi connectivity index (χ1) is 15.9. The monoisotopic (exact) mass is 490 g/mol. The van der Waals surface area contributed by atoms with E-state index in [0.717, 1.165) is 36.3 Å². The number of aromatic nitrogens is 2. The minimum absolute atomic E-state index is 0.242. The standard InChI is InChI=1S/C23H27ClN4O4S/c24-16-4-1-3-15(11-16)19-5-2-9-28(19)23(32)21(30)20(29)22(31)26-12-17-6-7-18(33-17)13-27-10-8-25-14-27/h1,3-4,6,8,10-11,14,18-21,29-30H,2,5,7,9,12-13H2,(H,26,31)/t18?,19-,20-,21-/m1/s1. The molecule has 3 heterocycles. The van der Waals surface area contributed by atoms with Gasteiger partial charge < -0.3 is 25.0 Å². The molecule has 0 radical (unpaired) electrons. The predicted molar refractivity (Wildman–Crippen MR) is 126 cm³/mol. The quantitative estimate of drug-likeness (QED) is 0.523. The molecule has 3 N–H and O–H groups in total. The van der Waals surface area contributed by atoms with Gasteiger partial charge in [-0.05, 0) is 37.0 Å². The average molecular weight is 491 g/mol. The lowest BCUT2D eigenvalue weighted by atomic mass is 10.0. The van der Waals surface area contributed by atoms with Gasteiger partial charge in [0.1, 0.15) is 0 Å². The lowest BCUT2D eigenvalue weighted by molar-refractivity contribution is -0.153. The minimum atomic E-state index is -1.84. The van der Waals surface area contributed by atoms with Crippen LogP contribution in [0.3, 0.4) is 0 Å². The first-order valence-corrected chi connectivity index (χ1v) is 12.2. The smallest absolute Gasteiger partial charge is 0.255 e. The molecule has 0 spiro atoms. The minimum Gasteiger partial charge on any atom is -0.380 e. The third-order valence-corrected chi connectivity index (χ3v) is 7.45. The van der Waals surface area contributed by atoms with Crippen molar-refractivity contribution in [2.75, 3.05) is 13.1 Å². The maximum Gasteiger partial charge on any atom is 0.255 e. The van der Waals surface area contributed by atoms with Gasteiger partial charge in [0.15, 0.2) is 12.2 Å². The molecule has 8 nitrogen and oxygen atoms in total. The highest BCUT2D eigenvalue weighted by atomic mass is 35.5. The van der Waals surface area contributed by atoms with Crippen LogP contribution in [0.2, 0.25) is 5.02 Å². The number of nitrogens with one attached hydrogen (secondary N) is 1. The van der Waals surface area contributed by atoms with Crippen molar-refractivity contribution in [3.8, 4) is 0 Å². The SMILES string of the molecule is O=C(NCC1=CCC(Cn2ccnc2)S1)[C@H](O)[C@@H](O)C(=O)N1CCC[C@@H]1c1cccc(Cl)c1. The summed E-state index contributed by atoms with van der Waals surface area (Å²) in [6, 6.07) is 7.00. The van der Waals surface area contributed by atoms with Crippen LogP contribution < -0.4 is 5.32 Å². The Kier molecular flexibility index (Phi) is 7.75. The van der Waals surface area contributed by atoms with Crippen molar-refractivity contribution in [1.29, 1.82) is 0 Å². The van der Waals surface area contributed by atoms with Gasteiger partial charge in [-0.2, -0.15) is 0 Å². The zero-order valence-corrected chi connectivity index (χ0v) is 19.6. The van der Waals surface area contributed by atoms with Gasteiger partial charge in [0.2, 0.25) is 0 Å². The lowest BCUT2D eigenvalue weighted by Crippen LogP contribution is -2.50. The third-order valence-electron chi connectivity index (χ3n) is 5.93. The summed E-state index contributed by atoms with van der Waals surface area (Å²) in [6.45, 7) is 1.51. The number of thioether (sulfide) groups is 1. The van der Waals surface area contributed by atoms with Gasteiger partial charge in [-0.25, -0.2) is 4.98 Å². The molecule has 1 fully saturated rings. The van der Waals surface area contributed by atoms with Crippen molar-refractivity contribution in [2.45, 2.75) is 49.3 Å². The fourth-order valence-corrected chi connectivity index (χ4v) is 5.66. The molecule has 10 heteroatoms. The van der Waals surface area contributed by atoms with E-state index in [1.54, 1.807) is 36.4 Å². The van der Waals surface area contributed by atoms with Crippen LogP contribution in [0, 0.1) is 0 Å². The number of imidazole rings is 1. The van der Waals surface area contributed by atoms with Gasteiger partial charge in [-0.1, -0.05) is 29.8 Å². The molecule has 4 rings (SSSR count). The molecule has 1 saturated heterocycles. The van der Waals surface area contributed by atoms with Crippen LogP contribution in [0.15, 0.2) is 54.0 Å².